The highest BCUT2D eigenvalue weighted by molar-refractivity contribution is 5.80. The Balaban J connectivity index is 1.81. The average molecular weight is 406 g/mol. The molecule has 2 rings (SSSR count). The van der Waals surface area contributed by atoms with Gasteiger partial charge in [0.15, 0.2) is 0 Å². The van der Waals surface area contributed by atoms with Crippen molar-refractivity contribution in [3.8, 4) is 11.5 Å². The van der Waals surface area contributed by atoms with Gasteiger partial charge in [-0.15, -0.1) is 0 Å². The largest absolute Gasteiger partial charge is 0.427 e. The van der Waals surface area contributed by atoms with Crippen molar-refractivity contribution < 1.29 is 45.4 Å². The first-order valence-electron chi connectivity index (χ1n) is 7.71. The maximum absolute atomic E-state index is 12.4. The third kappa shape index (κ3) is 6.29. The lowest BCUT2D eigenvalue weighted by atomic mass is 10.2. The highest BCUT2D eigenvalue weighted by Gasteiger charge is 2.31. The normalized spacial score (nSPS) is 11.8. The van der Waals surface area contributed by atoms with E-state index < -0.39 is 48.3 Å². The van der Waals surface area contributed by atoms with Crippen LogP contribution < -0.4 is 9.47 Å². The van der Waals surface area contributed by atoms with Gasteiger partial charge >= 0.3 is 24.3 Å². The van der Waals surface area contributed by atoms with Crippen LogP contribution in [0.15, 0.2) is 48.5 Å². The van der Waals surface area contributed by atoms with Crippen LogP contribution in [-0.4, -0.2) is 11.9 Å². The summed E-state index contributed by atoms with van der Waals surface area (Å²) in [5, 5.41) is 0. The van der Waals surface area contributed by atoms with Gasteiger partial charge in [-0.1, -0.05) is 0 Å². The van der Waals surface area contributed by atoms with Crippen LogP contribution in [0.2, 0.25) is 0 Å². The van der Waals surface area contributed by atoms with Crippen molar-refractivity contribution in [3.05, 3.63) is 59.7 Å². The molecule has 0 bridgehead atoms. The van der Waals surface area contributed by atoms with E-state index >= 15 is 0 Å². The smallest absolute Gasteiger partial charge is 0.416 e. The Bertz CT molecular complexity index is 752. The third-order valence-corrected chi connectivity index (χ3v) is 3.36. The van der Waals surface area contributed by atoms with E-state index in [1.807, 2.05) is 0 Å². The lowest BCUT2D eigenvalue weighted by Gasteiger charge is -2.09. The molecule has 0 heterocycles. The van der Waals surface area contributed by atoms with Crippen LogP contribution >= 0.6 is 0 Å². The van der Waals surface area contributed by atoms with Gasteiger partial charge in [0.05, 0.1) is 24.0 Å². The number of carbonyl (C=O) groups is 2. The molecule has 0 aliphatic heterocycles. The number of hydrogen-bond acceptors (Lipinski definition) is 4. The van der Waals surface area contributed by atoms with Gasteiger partial charge in [0, 0.05) is 0 Å². The van der Waals surface area contributed by atoms with E-state index in [2.05, 4.69) is 0 Å². The number of esters is 2. The molecule has 150 valence electrons. The number of hydrogen-bond donors (Lipinski definition) is 0. The van der Waals surface area contributed by atoms with Crippen LogP contribution in [0.5, 0.6) is 11.5 Å². The Morgan fingerprint density at radius 2 is 0.893 bits per heavy atom. The van der Waals surface area contributed by atoms with Gasteiger partial charge in [0.2, 0.25) is 0 Å². The molecule has 0 saturated carbocycles. The second-order valence-corrected chi connectivity index (χ2v) is 5.49. The molecule has 0 atom stereocenters. The molecule has 2 aromatic carbocycles. The van der Waals surface area contributed by atoms with E-state index in [4.69, 9.17) is 9.47 Å². The van der Waals surface area contributed by atoms with Crippen molar-refractivity contribution in [2.45, 2.75) is 25.2 Å². The van der Waals surface area contributed by atoms with Crippen molar-refractivity contribution in [1.82, 2.24) is 0 Å². The molecule has 4 nitrogen and oxygen atoms in total. The van der Waals surface area contributed by atoms with E-state index in [9.17, 15) is 35.9 Å². The maximum atomic E-state index is 12.4. The van der Waals surface area contributed by atoms with E-state index in [-0.39, 0.29) is 11.5 Å². The van der Waals surface area contributed by atoms with E-state index in [0.717, 1.165) is 48.5 Å². The van der Waals surface area contributed by atoms with E-state index in [0.29, 0.717) is 0 Å². The predicted molar refractivity (Wildman–Crippen MR) is 83.4 cm³/mol. The number of ether oxygens (including phenoxy) is 2. The highest BCUT2D eigenvalue weighted by Crippen LogP contribution is 2.31. The zero-order valence-corrected chi connectivity index (χ0v) is 13.9. The summed E-state index contributed by atoms with van der Waals surface area (Å²) in [5.41, 5.74) is -1.82. The van der Waals surface area contributed by atoms with Crippen molar-refractivity contribution in [1.29, 1.82) is 0 Å². The molecule has 0 unspecified atom stereocenters. The first-order valence-corrected chi connectivity index (χ1v) is 7.71. The molecule has 0 amide bonds. The number of halogens is 6. The first-order chi connectivity index (χ1) is 12.9. The summed E-state index contributed by atoms with van der Waals surface area (Å²) in [6.07, 6.45) is -9.91. The molecule has 0 spiro atoms. The molecule has 0 aliphatic rings. The molecule has 0 aromatic heterocycles. The second kappa shape index (κ2) is 8.32. The third-order valence-electron chi connectivity index (χ3n) is 3.36. The Kier molecular flexibility index (Phi) is 6.32. The highest BCUT2D eigenvalue weighted by atomic mass is 19.4. The van der Waals surface area contributed by atoms with Crippen LogP contribution in [0.1, 0.15) is 24.0 Å². The molecule has 10 heteroatoms. The standard InChI is InChI=1S/C18H12F6O4/c19-17(20,21)11-1-5-13(6-2-11)27-15(25)9-10-16(26)28-14-7-3-12(4-8-14)18(22,23)24/h1-8H,9-10H2. The molecule has 0 radical (unpaired) electrons. The van der Waals surface area contributed by atoms with Gasteiger partial charge in [-0.2, -0.15) is 26.3 Å². The summed E-state index contributed by atoms with van der Waals surface area (Å²) in [6.45, 7) is 0. The lowest BCUT2D eigenvalue weighted by molar-refractivity contribution is -0.140. The van der Waals surface area contributed by atoms with Gasteiger partial charge < -0.3 is 9.47 Å². The molecular weight excluding hydrogens is 394 g/mol. The molecule has 0 N–H and O–H groups in total. The molecular formula is C18H12F6O4. The molecule has 0 saturated heterocycles. The van der Waals surface area contributed by atoms with Crippen molar-refractivity contribution in [2.24, 2.45) is 0 Å². The summed E-state index contributed by atoms with van der Waals surface area (Å²) < 4.78 is 84.2. The van der Waals surface area contributed by atoms with Gasteiger partial charge in [-0.05, 0) is 48.5 Å². The molecule has 28 heavy (non-hydrogen) atoms. The minimum Gasteiger partial charge on any atom is -0.427 e. The maximum Gasteiger partial charge on any atom is 0.416 e. The zero-order valence-electron chi connectivity index (χ0n) is 13.9. The lowest BCUT2D eigenvalue weighted by Crippen LogP contribution is -2.14. The Morgan fingerprint density at radius 1 is 0.607 bits per heavy atom. The minimum absolute atomic E-state index is 0.130. The Labute approximate surface area is 154 Å². The van der Waals surface area contributed by atoms with Crippen LogP contribution in [0.3, 0.4) is 0 Å². The van der Waals surface area contributed by atoms with Crippen LogP contribution in [0.25, 0.3) is 0 Å². The van der Waals surface area contributed by atoms with Crippen molar-refractivity contribution in [2.75, 3.05) is 0 Å². The van der Waals surface area contributed by atoms with Gasteiger partial charge in [0.25, 0.3) is 0 Å². The summed E-state index contributed by atoms with van der Waals surface area (Å²) in [7, 11) is 0. The van der Waals surface area contributed by atoms with Gasteiger partial charge in [-0.25, -0.2) is 0 Å². The number of rotatable bonds is 5. The molecule has 2 aromatic rings. The molecule has 0 fully saturated rings. The zero-order chi connectivity index (χ0) is 20.9. The number of alkyl halides is 6. The SMILES string of the molecule is O=C(CCC(=O)Oc1ccc(C(F)(F)F)cc1)Oc1ccc(C(F)(F)F)cc1. The first kappa shape index (κ1) is 21.3. The van der Waals surface area contributed by atoms with Crippen LogP contribution in [0.4, 0.5) is 26.3 Å². The summed E-state index contributed by atoms with van der Waals surface area (Å²) in [4.78, 5) is 23.3. The molecule has 0 aliphatic carbocycles. The van der Waals surface area contributed by atoms with Crippen molar-refractivity contribution >= 4 is 11.9 Å². The summed E-state index contributed by atoms with van der Waals surface area (Å²) >= 11 is 0. The Morgan fingerprint density at radius 3 is 1.14 bits per heavy atom. The predicted octanol–water partition coefficient (Wildman–Crippen LogP) is 5.02. The van der Waals surface area contributed by atoms with Gasteiger partial charge in [-0.3, -0.25) is 9.59 Å². The quantitative estimate of drug-likeness (QED) is 0.398. The fourth-order valence-electron chi connectivity index (χ4n) is 1.99. The number of benzene rings is 2. The average Bonchev–Trinajstić information content (AvgIpc) is 2.59. The van der Waals surface area contributed by atoms with E-state index in [1.165, 1.54) is 0 Å². The van der Waals surface area contributed by atoms with Crippen LogP contribution in [-0.2, 0) is 21.9 Å². The fourth-order valence-corrected chi connectivity index (χ4v) is 1.99. The second-order valence-electron chi connectivity index (χ2n) is 5.49. The van der Waals surface area contributed by atoms with Gasteiger partial charge in [0.1, 0.15) is 11.5 Å². The van der Waals surface area contributed by atoms with Crippen LogP contribution in [0, 0.1) is 0 Å². The van der Waals surface area contributed by atoms with E-state index in [1.54, 1.807) is 0 Å². The Hall–Kier alpha value is -3.04. The monoisotopic (exact) mass is 406 g/mol. The fraction of sp³-hybridized carbons (Fsp3) is 0.222. The number of carbonyl (C=O) groups excluding carboxylic acids is 2. The topological polar surface area (TPSA) is 52.6 Å². The summed E-state index contributed by atoms with van der Waals surface area (Å²) in [5.74, 6) is -2.03. The minimum atomic E-state index is -4.52. The van der Waals surface area contributed by atoms with Crippen molar-refractivity contribution in [3.63, 3.8) is 0 Å². The summed E-state index contributed by atoms with van der Waals surface area (Å²) in [6, 6.07) is 6.79.